The smallest absolute Gasteiger partial charge is 0.256 e. The summed E-state index contributed by atoms with van der Waals surface area (Å²) in [6.07, 6.45) is 0. The average Bonchev–Trinajstić information content (AvgIpc) is 2.77. The van der Waals surface area contributed by atoms with Crippen molar-refractivity contribution in [3.63, 3.8) is 0 Å². The maximum atomic E-state index is 13.3. The summed E-state index contributed by atoms with van der Waals surface area (Å²) < 4.78 is 14.3. The fraction of sp³-hybridized carbons (Fsp3) is 0.154. The Morgan fingerprint density at radius 2 is 2.26 bits per heavy atom. The van der Waals surface area contributed by atoms with Crippen LogP contribution in [0.3, 0.4) is 0 Å². The molecular formula is C13H12BrFN2OS. The molecular weight excluding hydrogens is 331 g/mol. The molecule has 0 aliphatic carbocycles. The molecule has 1 heterocycles. The lowest BCUT2D eigenvalue weighted by Crippen LogP contribution is -2.27. The molecule has 1 amide bonds. The van der Waals surface area contributed by atoms with Gasteiger partial charge in [0.15, 0.2) is 0 Å². The lowest BCUT2D eigenvalue weighted by atomic mass is 10.1. The SMILES string of the molecule is CN(Cc1csc(Br)c1)C(=O)c1cccc(F)c1N. The molecule has 0 unspecified atom stereocenters. The number of benzene rings is 1. The van der Waals surface area contributed by atoms with Gasteiger partial charge in [-0.15, -0.1) is 11.3 Å². The minimum Gasteiger partial charge on any atom is -0.396 e. The third kappa shape index (κ3) is 3.13. The van der Waals surface area contributed by atoms with Crippen molar-refractivity contribution in [2.24, 2.45) is 0 Å². The van der Waals surface area contributed by atoms with E-state index in [2.05, 4.69) is 15.9 Å². The molecule has 0 aliphatic heterocycles. The molecule has 0 aliphatic rings. The van der Waals surface area contributed by atoms with E-state index in [1.54, 1.807) is 18.4 Å². The second-order valence-corrected chi connectivity index (χ2v) is 6.41. The Hall–Kier alpha value is -1.40. The van der Waals surface area contributed by atoms with Crippen molar-refractivity contribution in [1.82, 2.24) is 4.90 Å². The topological polar surface area (TPSA) is 46.3 Å². The number of thiophene rings is 1. The van der Waals surface area contributed by atoms with Crippen molar-refractivity contribution in [2.45, 2.75) is 6.54 Å². The third-order valence-corrected chi connectivity index (χ3v) is 4.22. The third-order valence-electron chi connectivity index (χ3n) is 2.67. The largest absolute Gasteiger partial charge is 0.396 e. The molecule has 2 N–H and O–H groups in total. The number of nitrogens with zero attached hydrogens (tertiary/aromatic N) is 1. The molecule has 0 spiro atoms. The molecule has 0 saturated heterocycles. The Morgan fingerprint density at radius 1 is 1.53 bits per heavy atom. The first kappa shape index (κ1) is 14.0. The number of amides is 1. The number of carbonyl (C=O) groups excluding carboxylic acids is 1. The van der Waals surface area contributed by atoms with Crippen molar-refractivity contribution in [2.75, 3.05) is 12.8 Å². The van der Waals surface area contributed by atoms with E-state index in [-0.39, 0.29) is 17.2 Å². The Bertz CT molecular complexity index is 614. The lowest BCUT2D eigenvalue weighted by molar-refractivity contribution is 0.0786. The lowest BCUT2D eigenvalue weighted by Gasteiger charge is -2.17. The van der Waals surface area contributed by atoms with E-state index < -0.39 is 5.82 Å². The van der Waals surface area contributed by atoms with Crippen LogP contribution in [-0.4, -0.2) is 17.9 Å². The monoisotopic (exact) mass is 342 g/mol. The fourth-order valence-electron chi connectivity index (χ4n) is 1.70. The van der Waals surface area contributed by atoms with Crippen LogP contribution < -0.4 is 5.73 Å². The second-order valence-electron chi connectivity index (χ2n) is 4.12. The van der Waals surface area contributed by atoms with Crippen molar-refractivity contribution in [3.05, 3.63) is 50.4 Å². The molecule has 6 heteroatoms. The zero-order valence-corrected chi connectivity index (χ0v) is 12.6. The molecule has 1 aromatic heterocycles. The van der Waals surface area contributed by atoms with Gasteiger partial charge in [0.2, 0.25) is 0 Å². The van der Waals surface area contributed by atoms with Crippen LogP contribution >= 0.6 is 27.3 Å². The molecule has 0 atom stereocenters. The van der Waals surface area contributed by atoms with Crippen molar-refractivity contribution >= 4 is 38.9 Å². The maximum absolute atomic E-state index is 13.3. The van der Waals surface area contributed by atoms with E-state index >= 15 is 0 Å². The number of para-hydroxylation sites is 1. The van der Waals surface area contributed by atoms with Gasteiger partial charge in [0.25, 0.3) is 5.91 Å². The van der Waals surface area contributed by atoms with Gasteiger partial charge < -0.3 is 10.6 Å². The summed E-state index contributed by atoms with van der Waals surface area (Å²) >= 11 is 4.92. The molecule has 2 rings (SSSR count). The number of nitrogen functional groups attached to an aromatic ring is 1. The van der Waals surface area contributed by atoms with Crippen LogP contribution in [0.1, 0.15) is 15.9 Å². The summed E-state index contributed by atoms with van der Waals surface area (Å²) in [7, 11) is 1.66. The van der Waals surface area contributed by atoms with Gasteiger partial charge in [-0.25, -0.2) is 4.39 Å². The number of carbonyl (C=O) groups is 1. The minimum atomic E-state index is -0.572. The van der Waals surface area contributed by atoms with Crippen molar-refractivity contribution in [3.8, 4) is 0 Å². The molecule has 0 saturated carbocycles. The Labute approximate surface area is 123 Å². The highest BCUT2D eigenvalue weighted by Crippen LogP contribution is 2.23. The molecule has 0 radical (unpaired) electrons. The van der Waals surface area contributed by atoms with Crippen LogP contribution in [-0.2, 0) is 6.54 Å². The van der Waals surface area contributed by atoms with Gasteiger partial charge in [0, 0.05) is 13.6 Å². The van der Waals surface area contributed by atoms with Crippen LogP contribution in [0.4, 0.5) is 10.1 Å². The first-order valence-electron chi connectivity index (χ1n) is 5.51. The number of halogens is 2. The van der Waals surface area contributed by atoms with Crippen LogP contribution in [0.15, 0.2) is 33.4 Å². The van der Waals surface area contributed by atoms with Gasteiger partial charge in [-0.05, 0) is 45.1 Å². The van der Waals surface area contributed by atoms with Crippen molar-refractivity contribution < 1.29 is 9.18 Å². The predicted molar refractivity (Wildman–Crippen MR) is 78.6 cm³/mol. The first-order valence-corrected chi connectivity index (χ1v) is 7.18. The highest BCUT2D eigenvalue weighted by molar-refractivity contribution is 9.11. The molecule has 0 fully saturated rings. The Balaban J connectivity index is 2.17. The van der Waals surface area contributed by atoms with Gasteiger partial charge in [0.05, 0.1) is 15.0 Å². The van der Waals surface area contributed by atoms with Crippen LogP contribution in [0.5, 0.6) is 0 Å². The molecule has 3 nitrogen and oxygen atoms in total. The van der Waals surface area contributed by atoms with Crippen LogP contribution in [0.25, 0.3) is 0 Å². The summed E-state index contributed by atoms with van der Waals surface area (Å²) in [4.78, 5) is 13.7. The number of hydrogen-bond acceptors (Lipinski definition) is 3. The standard InChI is InChI=1S/C13H12BrFN2OS/c1-17(6-8-5-11(14)19-7-8)13(18)9-3-2-4-10(15)12(9)16/h2-5,7H,6,16H2,1H3. The first-order chi connectivity index (χ1) is 8.99. The molecule has 100 valence electrons. The van der Waals surface area contributed by atoms with Gasteiger partial charge in [-0.3, -0.25) is 4.79 Å². The fourth-order valence-corrected chi connectivity index (χ4v) is 2.90. The summed E-state index contributed by atoms with van der Waals surface area (Å²) in [5.41, 5.74) is 6.69. The van der Waals surface area contributed by atoms with E-state index in [9.17, 15) is 9.18 Å². The van der Waals surface area contributed by atoms with Gasteiger partial charge in [-0.1, -0.05) is 6.07 Å². The van der Waals surface area contributed by atoms with Crippen LogP contribution in [0, 0.1) is 5.82 Å². The molecule has 0 bridgehead atoms. The normalized spacial score (nSPS) is 10.5. The van der Waals surface area contributed by atoms with E-state index in [1.165, 1.54) is 23.1 Å². The molecule has 2 aromatic rings. The van der Waals surface area contributed by atoms with Gasteiger partial charge >= 0.3 is 0 Å². The maximum Gasteiger partial charge on any atom is 0.256 e. The highest BCUT2D eigenvalue weighted by Gasteiger charge is 2.17. The van der Waals surface area contributed by atoms with Crippen LogP contribution in [0.2, 0.25) is 0 Å². The van der Waals surface area contributed by atoms with E-state index in [0.29, 0.717) is 6.54 Å². The minimum absolute atomic E-state index is 0.106. The van der Waals surface area contributed by atoms with Gasteiger partial charge in [-0.2, -0.15) is 0 Å². The zero-order valence-electron chi connectivity index (χ0n) is 10.2. The summed E-state index contributed by atoms with van der Waals surface area (Å²) in [6, 6.07) is 6.19. The number of nitrogens with two attached hydrogens (primary N) is 1. The molecule has 1 aromatic carbocycles. The quantitative estimate of drug-likeness (QED) is 0.867. The number of hydrogen-bond donors (Lipinski definition) is 1. The van der Waals surface area contributed by atoms with E-state index in [0.717, 1.165) is 9.35 Å². The zero-order chi connectivity index (χ0) is 14.0. The number of anilines is 1. The molecule has 19 heavy (non-hydrogen) atoms. The predicted octanol–water partition coefficient (Wildman–Crippen LogP) is 3.50. The van der Waals surface area contributed by atoms with E-state index in [4.69, 9.17) is 5.73 Å². The summed E-state index contributed by atoms with van der Waals surface area (Å²) in [5, 5.41) is 1.96. The van der Waals surface area contributed by atoms with Gasteiger partial charge in [0.1, 0.15) is 5.82 Å². The highest BCUT2D eigenvalue weighted by atomic mass is 79.9. The summed E-state index contributed by atoms with van der Waals surface area (Å²) in [6.45, 7) is 0.455. The average molecular weight is 343 g/mol. The Kier molecular flexibility index (Phi) is 4.21. The summed E-state index contributed by atoms with van der Waals surface area (Å²) in [5.74, 6) is -0.864. The number of rotatable bonds is 3. The second kappa shape index (κ2) is 5.71. The Morgan fingerprint density at radius 3 is 2.89 bits per heavy atom. The van der Waals surface area contributed by atoms with E-state index in [1.807, 2.05) is 11.4 Å². The van der Waals surface area contributed by atoms with Crippen molar-refractivity contribution in [1.29, 1.82) is 0 Å².